The molecule has 2 saturated heterocycles. The molecule has 0 radical (unpaired) electrons. The fourth-order valence-electron chi connectivity index (χ4n) is 6.12. The van der Waals surface area contributed by atoms with Gasteiger partial charge in [-0.15, -0.1) is 0 Å². The molecule has 2 N–H and O–H groups in total. The van der Waals surface area contributed by atoms with E-state index in [9.17, 15) is 18.3 Å². The molecule has 3 heterocycles. The summed E-state index contributed by atoms with van der Waals surface area (Å²) in [6.45, 7) is 3.01. The highest BCUT2D eigenvalue weighted by atomic mass is 32.2. The normalized spacial score (nSPS) is 27.2. The summed E-state index contributed by atoms with van der Waals surface area (Å²) in [5.41, 5.74) is 0.869. The monoisotopic (exact) mass is 658 g/mol. The number of benzene rings is 2. The van der Waals surface area contributed by atoms with Crippen molar-refractivity contribution in [1.29, 1.82) is 0 Å². The summed E-state index contributed by atoms with van der Waals surface area (Å²) in [6, 6.07) is 13.2. The minimum absolute atomic E-state index is 0.00171. The zero-order chi connectivity index (χ0) is 32.5. The molecule has 0 aliphatic carbocycles. The van der Waals surface area contributed by atoms with E-state index in [1.807, 2.05) is 37.3 Å². The van der Waals surface area contributed by atoms with E-state index >= 15 is 0 Å². The zero-order valence-electron chi connectivity index (χ0n) is 26.6. The summed E-state index contributed by atoms with van der Waals surface area (Å²) in [5.74, 6) is 0.597. The highest BCUT2D eigenvalue weighted by molar-refractivity contribution is 7.89. The number of ether oxygens (including phenoxy) is 5. The molecule has 12 heteroatoms. The van der Waals surface area contributed by atoms with Crippen molar-refractivity contribution in [3.05, 3.63) is 66.2 Å². The second-order valence-electron chi connectivity index (χ2n) is 12.3. The molecule has 2 fully saturated rings. The Bertz CT molecular complexity index is 1420. The van der Waals surface area contributed by atoms with Crippen LogP contribution in [-0.2, 0) is 30.7 Å². The van der Waals surface area contributed by atoms with Crippen LogP contribution in [0, 0.1) is 11.8 Å². The largest absolute Gasteiger partial charge is 0.497 e. The first-order valence-corrected chi connectivity index (χ1v) is 17.6. The van der Waals surface area contributed by atoms with Crippen LogP contribution < -0.4 is 14.8 Å². The highest BCUT2D eigenvalue weighted by Gasteiger charge is 2.44. The van der Waals surface area contributed by atoms with Crippen LogP contribution in [0.4, 0.5) is 4.79 Å². The lowest BCUT2D eigenvalue weighted by molar-refractivity contribution is -0.0907. The number of carbonyl (C=O) groups is 1. The number of methoxy groups -OCH3 is 1. The molecular weight excluding hydrogens is 612 g/mol. The molecular formula is C34H46N2O9S. The molecule has 0 unspecified atom stereocenters. The summed E-state index contributed by atoms with van der Waals surface area (Å²) in [4.78, 5) is 13.2. The zero-order valence-corrected chi connectivity index (χ0v) is 27.4. The predicted octanol–water partition coefficient (Wildman–Crippen LogP) is 4.29. The maximum absolute atomic E-state index is 14.4. The van der Waals surface area contributed by atoms with Gasteiger partial charge in [-0.05, 0) is 62.1 Å². The van der Waals surface area contributed by atoms with Crippen LogP contribution in [0.5, 0.6) is 11.5 Å². The molecule has 0 bridgehead atoms. The van der Waals surface area contributed by atoms with Gasteiger partial charge in [0.15, 0.2) is 6.29 Å². The first-order valence-electron chi connectivity index (χ1n) is 16.1. The molecule has 2 aromatic carbocycles. The number of sulfonamides is 1. The number of carbonyl (C=O) groups excluding carboxylic acids is 1. The van der Waals surface area contributed by atoms with Gasteiger partial charge in [0.1, 0.15) is 22.5 Å². The van der Waals surface area contributed by atoms with Crippen LogP contribution >= 0.6 is 0 Å². The summed E-state index contributed by atoms with van der Waals surface area (Å²) in [7, 11) is -2.64. The molecule has 11 nitrogen and oxygen atoms in total. The van der Waals surface area contributed by atoms with Crippen molar-refractivity contribution >= 4 is 16.1 Å². The number of alkyl carbamates (subject to hydrolysis) is 1. The van der Waals surface area contributed by atoms with Crippen molar-refractivity contribution in [2.45, 2.75) is 74.9 Å². The molecule has 3 aliphatic rings. The lowest BCUT2D eigenvalue weighted by Crippen LogP contribution is -2.51. The fourth-order valence-corrected chi connectivity index (χ4v) is 7.81. The van der Waals surface area contributed by atoms with Crippen LogP contribution in [0.1, 0.15) is 44.6 Å². The number of fused-ring (bicyclic) bond motifs is 2. The van der Waals surface area contributed by atoms with Gasteiger partial charge in [-0.1, -0.05) is 49.4 Å². The average molecular weight is 659 g/mol. The number of aliphatic hydroxyl groups excluding tert-OH is 1. The molecule has 2 aromatic rings. The Morgan fingerprint density at radius 1 is 1.11 bits per heavy atom. The van der Waals surface area contributed by atoms with Crippen molar-refractivity contribution in [1.82, 2.24) is 9.62 Å². The van der Waals surface area contributed by atoms with E-state index in [-0.39, 0.29) is 54.9 Å². The van der Waals surface area contributed by atoms with Crippen molar-refractivity contribution in [3.8, 4) is 11.5 Å². The predicted molar refractivity (Wildman–Crippen MR) is 171 cm³/mol. The molecule has 5 rings (SSSR count). The summed E-state index contributed by atoms with van der Waals surface area (Å²) < 4.78 is 58.3. The van der Waals surface area contributed by atoms with Gasteiger partial charge in [-0.25, -0.2) is 13.2 Å². The summed E-state index contributed by atoms with van der Waals surface area (Å²) in [6.07, 6.45) is 5.67. The van der Waals surface area contributed by atoms with Crippen LogP contribution in [0.2, 0.25) is 0 Å². The topological polar surface area (TPSA) is 133 Å². The minimum atomic E-state index is -4.15. The molecule has 0 spiro atoms. The SMILES string of the molecule is COc1ccc2c(c1)OCCCC/C=C\C[C@@H](C)CN(C[C@@H](O)[C@H](Cc1ccccc1)NC(=O)O[C@H]1CO[C@H]3OCC[C@H]31)S2(=O)=O. The number of rotatable bonds is 8. The fraction of sp³-hybridized carbons (Fsp3) is 0.559. The van der Waals surface area contributed by atoms with E-state index in [2.05, 4.69) is 17.5 Å². The van der Waals surface area contributed by atoms with E-state index in [1.165, 1.54) is 17.5 Å². The van der Waals surface area contributed by atoms with Crippen molar-refractivity contribution in [3.63, 3.8) is 0 Å². The van der Waals surface area contributed by atoms with Crippen LogP contribution in [0.15, 0.2) is 65.6 Å². The van der Waals surface area contributed by atoms with Crippen molar-refractivity contribution in [2.24, 2.45) is 11.8 Å². The molecule has 46 heavy (non-hydrogen) atoms. The molecule has 0 aromatic heterocycles. The van der Waals surface area contributed by atoms with E-state index < -0.39 is 34.4 Å². The Morgan fingerprint density at radius 2 is 1.93 bits per heavy atom. The lowest BCUT2D eigenvalue weighted by atomic mass is 10.0. The Morgan fingerprint density at radius 3 is 2.74 bits per heavy atom. The third-order valence-electron chi connectivity index (χ3n) is 8.71. The number of allylic oxidation sites excluding steroid dienone is 2. The lowest BCUT2D eigenvalue weighted by Gasteiger charge is -2.31. The number of nitrogens with zero attached hydrogens (tertiary/aromatic N) is 1. The second-order valence-corrected chi connectivity index (χ2v) is 14.2. The second kappa shape index (κ2) is 16.1. The first kappa shape index (κ1) is 34.2. The highest BCUT2D eigenvalue weighted by Crippen LogP contribution is 2.34. The standard InChI is InChI=1S/C34H46N2O9S/c1-24-11-7-4-3-5-10-17-42-30-20-26(41-2)14-15-32(30)46(39,40)36(21-24)22-29(37)28(19-25-12-8-6-9-13-25)35-34(38)45-31-23-44-33-27(31)16-18-43-33/h4,6-9,12-15,20,24,27-29,31,33,37H,3,5,10-11,16-19,21-23H2,1-2H3,(H,35,38)/b7-4-/t24-,27+,28+,29-,31+,33-/m1/s1. The van der Waals surface area contributed by atoms with Gasteiger partial charge in [0.05, 0.1) is 45.0 Å². The third kappa shape index (κ3) is 8.80. The Balaban J connectivity index is 1.40. The van der Waals surface area contributed by atoms with Crippen molar-refractivity contribution in [2.75, 3.05) is 40.0 Å². The number of hydrogen-bond acceptors (Lipinski definition) is 9. The number of aliphatic hydroxyl groups is 1. The van der Waals surface area contributed by atoms with Gasteiger partial charge in [0.2, 0.25) is 10.0 Å². The van der Waals surface area contributed by atoms with Gasteiger partial charge in [0.25, 0.3) is 0 Å². The third-order valence-corrected chi connectivity index (χ3v) is 10.6. The Labute approximate surface area is 271 Å². The molecule has 252 valence electrons. The Kier molecular flexibility index (Phi) is 12.0. The van der Waals surface area contributed by atoms with Gasteiger partial charge in [-0.3, -0.25) is 0 Å². The maximum Gasteiger partial charge on any atom is 0.407 e. The first-order chi connectivity index (χ1) is 22.2. The smallest absolute Gasteiger partial charge is 0.407 e. The number of β-amino-alcohol motifs (C(OH)–C–C–N with tert-alkyl or cyclic N) is 1. The molecule has 1 amide bonds. The number of nitrogens with one attached hydrogen (secondary N) is 1. The van der Waals surface area contributed by atoms with Crippen LogP contribution in [0.25, 0.3) is 0 Å². The van der Waals surface area contributed by atoms with Gasteiger partial charge < -0.3 is 34.1 Å². The van der Waals surface area contributed by atoms with Crippen molar-refractivity contribution < 1.29 is 42.0 Å². The van der Waals surface area contributed by atoms with Gasteiger partial charge in [-0.2, -0.15) is 4.31 Å². The summed E-state index contributed by atoms with van der Waals surface area (Å²) >= 11 is 0. The average Bonchev–Trinajstić information content (AvgIpc) is 3.67. The Hall–Kier alpha value is -3.16. The maximum atomic E-state index is 14.4. The van der Waals surface area contributed by atoms with E-state index in [1.54, 1.807) is 12.1 Å². The van der Waals surface area contributed by atoms with E-state index in [0.717, 1.165) is 31.2 Å². The number of hydrogen-bond donors (Lipinski definition) is 2. The minimum Gasteiger partial charge on any atom is -0.497 e. The quantitative estimate of drug-likeness (QED) is 0.399. The van der Waals surface area contributed by atoms with Gasteiger partial charge >= 0.3 is 6.09 Å². The van der Waals surface area contributed by atoms with Crippen LogP contribution in [0.3, 0.4) is 0 Å². The molecule has 6 atom stereocenters. The van der Waals surface area contributed by atoms with E-state index in [0.29, 0.717) is 25.4 Å². The molecule has 3 aliphatic heterocycles. The number of amides is 1. The molecule has 0 saturated carbocycles. The van der Waals surface area contributed by atoms with E-state index in [4.69, 9.17) is 23.7 Å². The van der Waals surface area contributed by atoms with Crippen LogP contribution in [-0.4, -0.2) is 88.5 Å². The van der Waals surface area contributed by atoms with Gasteiger partial charge in [0, 0.05) is 19.2 Å². The summed E-state index contributed by atoms with van der Waals surface area (Å²) in [5, 5.41) is 14.6.